The monoisotopic (exact) mass is 482 g/mol. The second kappa shape index (κ2) is 9.63. The van der Waals surface area contributed by atoms with Crippen LogP contribution in [0.1, 0.15) is 26.3 Å². The number of halogens is 3. The third-order valence-corrected chi connectivity index (χ3v) is 4.70. The Labute approximate surface area is 196 Å². The van der Waals surface area contributed by atoms with Gasteiger partial charge >= 0.3 is 6.36 Å². The van der Waals surface area contributed by atoms with Gasteiger partial charge in [0.25, 0.3) is 17.8 Å². The van der Waals surface area contributed by atoms with E-state index in [0.717, 1.165) is 17.7 Å². The molecule has 0 saturated carbocycles. The first kappa shape index (κ1) is 23.4. The summed E-state index contributed by atoms with van der Waals surface area (Å²) in [6.45, 7) is 1.76. The van der Waals surface area contributed by atoms with E-state index < -0.39 is 23.9 Å². The number of nitrogens with zero attached hydrogens (tertiary/aromatic N) is 4. The molecule has 178 valence electrons. The van der Waals surface area contributed by atoms with Crippen LogP contribution in [0.3, 0.4) is 0 Å². The number of aromatic nitrogens is 4. The minimum atomic E-state index is -4.84. The fraction of sp³-hybridized carbons (Fsp3) is 0.0870. The lowest BCUT2D eigenvalue weighted by atomic mass is 10.1. The van der Waals surface area contributed by atoms with E-state index in [9.17, 15) is 22.8 Å². The molecule has 4 aromatic rings. The fourth-order valence-electron chi connectivity index (χ4n) is 3.09. The number of rotatable bonds is 6. The Morgan fingerprint density at radius 3 is 2.26 bits per heavy atom. The average Bonchev–Trinajstić information content (AvgIpc) is 3.21. The van der Waals surface area contributed by atoms with Gasteiger partial charge in [-0.2, -0.15) is 9.67 Å². The van der Waals surface area contributed by atoms with E-state index >= 15 is 0 Å². The van der Waals surface area contributed by atoms with E-state index in [4.69, 9.17) is 0 Å². The Bertz CT molecular complexity index is 1360. The van der Waals surface area contributed by atoms with Crippen molar-refractivity contribution in [2.24, 2.45) is 0 Å². The zero-order valence-electron chi connectivity index (χ0n) is 18.1. The van der Waals surface area contributed by atoms with Crippen molar-refractivity contribution in [3.63, 3.8) is 0 Å². The molecule has 0 atom stereocenters. The predicted octanol–water partition coefficient (Wildman–Crippen LogP) is 4.37. The van der Waals surface area contributed by atoms with Crippen LogP contribution >= 0.6 is 0 Å². The van der Waals surface area contributed by atoms with Crippen LogP contribution in [0.15, 0.2) is 73.1 Å². The molecule has 0 aliphatic rings. The molecular weight excluding hydrogens is 465 g/mol. The van der Waals surface area contributed by atoms with Gasteiger partial charge < -0.3 is 4.74 Å². The third kappa shape index (κ3) is 5.79. The topological polar surface area (TPSA) is 111 Å². The number of aryl methyl sites for hydroxylation is 1. The van der Waals surface area contributed by atoms with Gasteiger partial charge in [-0.05, 0) is 55.0 Å². The van der Waals surface area contributed by atoms with Crippen LogP contribution in [0.5, 0.6) is 5.75 Å². The Morgan fingerprint density at radius 2 is 1.60 bits per heavy atom. The Kier molecular flexibility index (Phi) is 6.44. The summed E-state index contributed by atoms with van der Waals surface area (Å²) in [6.07, 6.45) is -1.95. The smallest absolute Gasteiger partial charge is 0.406 e. The first-order valence-electron chi connectivity index (χ1n) is 10.1. The zero-order valence-corrected chi connectivity index (χ0v) is 18.1. The van der Waals surface area contributed by atoms with Crippen molar-refractivity contribution in [3.05, 3.63) is 89.7 Å². The number of hydrogen-bond acceptors (Lipinski definition) is 6. The fourth-order valence-corrected chi connectivity index (χ4v) is 3.09. The number of benzene rings is 2. The normalized spacial score (nSPS) is 11.1. The summed E-state index contributed by atoms with van der Waals surface area (Å²) in [6, 6.07) is 14.6. The third-order valence-electron chi connectivity index (χ3n) is 4.70. The lowest BCUT2D eigenvalue weighted by molar-refractivity contribution is -0.274. The lowest BCUT2D eigenvalue weighted by Gasteiger charge is -2.11. The molecule has 0 bridgehead atoms. The number of pyridine rings is 1. The van der Waals surface area contributed by atoms with Crippen molar-refractivity contribution in [1.82, 2.24) is 19.7 Å². The molecule has 0 radical (unpaired) electrons. The van der Waals surface area contributed by atoms with E-state index in [1.54, 1.807) is 31.2 Å². The summed E-state index contributed by atoms with van der Waals surface area (Å²) in [5, 5.41) is 9.35. The molecule has 0 aliphatic carbocycles. The largest absolute Gasteiger partial charge is 0.573 e. The van der Waals surface area contributed by atoms with Gasteiger partial charge in [0, 0.05) is 23.5 Å². The van der Waals surface area contributed by atoms with Crippen LogP contribution in [0.4, 0.5) is 25.1 Å². The maximum Gasteiger partial charge on any atom is 0.573 e. The molecule has 2 aromatic carbocycles. The lowest BCUT2D eigenvalue weighted by Crippen LogP contribution is -2.17. The molecule has 0 saturated heterocycles. The number of carbonyl (C=O) groups is 2. The molecule has 0 spiro atoms. The number of amides is 2. The van der Waals surface area contributed by atoms with Crippen LogP contribution in [-0.2, 0) is 0 Å². The van der Waals surface area contributed by atoms with E-state index in [1.807, 2.05) is 0 Å². The van der Waals surface area contributed by atoms with Crippen molar-refractivity contribution in [3.8, 4) is 11.4 Å². The molecule has 2 aromatic heterocycles. The minimum Gasteiger partial charge on any atom is -0.406 e. The van der Waals surface area contributed by atoms with Gasteiger partial charge in [-0.1, -0.05) is 18.2 Å². The highest BCUT2D eigenvalue weighted by Gasteiger charge is 2.31. The second-order valence-electron chi connectivity index (χ2n) is 7.17. The van der Waals surface area contributed by atoms with Gasteiger partial charge in [0.15, 0.2) is 0 Å². The summed E-state index contributed by atoms with van der Waals surface area (Å²) in [4.78, 5) is 33.4. The Hall–Kier alpha value is -4.74. The van der Waals surface area contributed by atoms with Crippen LogP contribution in [0.2, 0.25) is 0 Å². The Balaban J connectivity index is 1.66. The number of nitrogens with one attached hydrogen (secondary N) is 2. The summed E-state index contributed by atoms with van der Waals surface area (Å²) >= 11 is 0. The number of anilines is 2. The highest BCUT2D eigenvalue weighted by Crippen LogP contribution is 2.25. The van der Waals surface area contributed by atoms with Crippen molar-refractivity contribution in [2.75, 3.05) is 10.6 Å². The second-order valence-corrected chi connectivity index (χ2v) is 7.17. The molecule has 2 amide bonds. The van der Waals surface area contributed by atoms with Crippen molar-refractivity contribution in [1.29, 1.82) is 0 Å². The summed E-state index contributed by atoms with van der Waals surface area (Å²) in [7, 11) is 0. The van der Waals surface area contributed by atoms with Gasteiger partial charge in [-0.15, -0.1) is 18.3 Å². The summed E-state index contributed by atoms with van der Waals surface area (Å²) < 4.78 is 42.5. The molecule has 35 heavy (non-hydrogen) atoms. The van der Waals surface area contributed by atoms with E-state index in [2.05, 4.69) is 30.4 Å². The zero-order chi connectivity index (χ0) is 25.0. The highest BCUT2D eigenvalue weighted by atomic mass is 19.4. The molecule has 12 heteroatoms. The molecule has 0 aliphatic heterocycles. The maximum absolute atomic E-state index is 12.9. The molecule has 0 unspecified atom stereocenters. The van der Waals surface area contributed by atoms with Gasteiger partial charge in [0.1, 0.15) is 5.75 Å². The van der Waals surface area contributed by atoms with Gasteiger partial charge in [0.2, 0.25) is 5.95 Å². The van der Waals surface area contributed by atoms with E-state index in [-0.39, 0.29) is 17.6 Å². The molecule has 0 fully saturated rings. The molecule has 2 heterocycles. The minimum absolute atomic E-state index is 0.0622. The van der Waals surface area contributed by atoms with E-state index in [1.165, 1.54) is 41.3 Å². The number of alkyl halides is 3. The average molecular weight is 482 g/mol. The van der Waals surface area contributed by atoms with Crippen LogP contribution in [0, 0.1) is 6.92 Å². The van der Waals surface area contributed by atoms with Crippen LogP contribution in [0.25, 0.3) is 5.69 Å². The van der Waals surface area contributed by atoms with Gasteiger partial charge in [-0.3, -0.25) is 25.2 Å². The maximum atomic E-state index is 12.9. The SMILES string of the molecule is Cc1ccccc1C(=O)Nc1nc(NC(=O)c2ccncc2)nn1-c1ccc(OC(F)(F)F)cc1. The molecular formula is C23H17F3N6O3. The number of hydrogen-bond donors (Lipinski definition) is 2. The Morgan fingerprint density at radius 1 is 0.914 bits per heavy atom. The van der Waals surface area contributed by atoms with Gasteiger partial charge in [0.05, 0.1) is 5.69 Å². The first-order valence-corrected chi connectivity index (χ1v) is 10.1. The predicted molar refractivity (Wildman–Crippen MR) is 119 cm³/mol. The van der Waals surface area contributed by atoms with E-state index in [0.29, 0.717) is 11.1 Å². The molecule has 2 N–H and O–H groups in total. The summed E-state index contributed by atoms with van der Waals surface area (Å²) in [5.74, 6) is -1.63. The standard InChI is InChI=1S/C23H17F3N6O3/c1-14-4-2-3-5-18(14)20(34)29-22-30-21(28-19(33)15-10-12-27-13-11-15)31-32(22)16-6-8-17(9-7-16)35-23(24,25)26/h2-13H,1H3,(H2,28,29,30,31,33,34). The summed E-state index contributed by atoms with van der Waals surface area (Å²) in [5.41, 5.74) is 1.67. The number of carbonyl (C=O) groups excluding carboxylic acids is 2. The first-order chi connectivity index (χ1) is 16.7. The molecule has 9 nitrogen and oxygen atoms in total. The van der Waals surface area contributed by atoms with Gasteiger partial charge in [-0.25, -0.2) is 0 Å². The highest BCUT2D eigenvalue weighted by molar-refractivity contribution is 6.05. The van der Waals surface area contributed by atoms with Crippen molar-refractivity contribution >= 4 is 23.7 Å². The van der Waals surface area contributed by atoms with Crippen LogP contribution < -0.4 is 15.4 Å². The number of ether oxygens (including phenoxy) is 1. The van der Waals surface area contributed by atoms with Crippen molar-refractivity contribution < 1.29 is 27.5 Å². The molecule has 4 rings (SSSR count). The van der Waals surface area contributed by atoms with Crippen molar-refractivity contribution in [2.45, 2.75) is 13.3 Å². The quantitative estimate of drug-likeness (QED) is 0.422. The van der Waals surface area contributed by atoms with Crippen LogP contribution in [-0.4, -0.2) is 37.9 Å².